The van der Waals surface area contributed by atoms with Gasteiger partial charge in [0.15, 0.2) is 0 Å². The van der Waals surface area contributed by atoms with Gasteiger partial charge in [0.25, 0.3) is 5.91 Å². The van der Waals surface area contributed by atoms with Crippen LogP contribution in [0.1, 0.15) is 66.4 Å². The number of nitrogens with one attached hydrogen (secondary N) is 1. The maximum absolute atomic E-state index is 13.5. The number of amides is 1. The molecule has 0 unspecified atom stereocenters. The van der Waals surface area contributed by atoms with Crippen molar-refractivity contribution in [2.45, 2.75) is 75.7 Å². The standard InChI is InChI=1S/C33H46N2O4S2/c1-23-9-7-8-12-28(23)30-17-25(13-14-29(30)32(36)34-31(33(37)38)15-16-40-2)19-35-20-27(41-3)18-26(35)22-39-21-24-10-5-4-6-11-24/h7-9,12-14,17,24,26-27,31H,4-6,10-11,15-16,18-22H2,1-3H3,(H,34,36)(H,37,38)/t26-,27+,31-/m0/s1. The molecule has 2 N–H and O–H groups in total. The van der Waals surface area contributed by atoms with Crippen LogP contribution < -0.4 is 5.32 Å². The fourth-order valence-corrected chi connectivity index (χ4v) is 7.38. The summed E-state index contributed by atoms with van der Waals surface area (Å²) in [5.74, 6) is 0.0301. The molecule has 2 fully saturated rings. The van der Waals surface area contributed by atoms with Gasteiger partial charge in [0.1, 0.15) is 6.04 Å². The Labute approximate surface area is 254 Å². The van der Waals surface area contributed by atoms with Gasteiger partial charge in [0, 0.05) is 36.6 Å². The number of hydrogen-bond acceptors (Lipinski definition) is 6. The first kappa shape index (κ1) is 31.9. The highest BCUT2D eigenvalue weighted by Crippen LogP contribution is 2.32. The third kappa shape index (κ3) is 8.99. The molecule has 4 rings (SSSR count). The summed E-state index contributed by atoms with van der Waals surface area (Å²) in [7, 11) is 0. The molecular formula is C33H46N2O4S2. The predicted octanol–water partition coefficient (Wildman–Crippen LogP) is 6.50. The van der Waals surface area contributed by atoms with Crippen molar-refractivity contribution in [1.82, 2.24) is 10.2 Å². The van der Waals surface area contributed by atoms with Crippen LogP contribution in [0.2, 0.25) is 0 Å². The van der Waals surface area contributed by atoms with E-state index < -0.39 is 12.0 Å². The SMILES string of the molecule is CSCC[C@H](NC(=O)c1ccc(CN2C[C@H](SC)C[C@H]2COCC2CCCCC2)cc1-c1ccccc1C)C(=O)O. The van der Waals surface area contributed by atoms with Gasteiger partial charge in [-0.15, -0.1) is 0 Å². The van der Waals surface area contributed by atoms with Crippen molar-refractivity contribution in [3.05, 3.63) is 59.2 Å². The molecule has 0 aromatic heterocycles. The summed E-state index contributed by atoms with van der Waals surface area (Å²) < 4.78 is 6.31. The average molecular weight is 599 g/mol. The topological polar surface area (TPSA) is 78.9 Å². The summed E-state index contributed by atoms with van der Waals surface area (Å²) in [6.45, 7) is 5.51. The monoisotopic (exact) mass is 598 g/mol. The van der Waals surface area contributed by atoms with Gasteiger partial charge in [-0.05, 0) is 91.2 Å². The van der Waals surface area contributed by atoms with E-state index in [1.807, 2.05) is 61.3 Å². The third-order valence-electron chi connectivity index (χ3n) is 8.57. The predicted molar refractivity (Wildman–Crippen MR) is 172 cm³/mol. The molecule has 2 aromatic rings. The summed E-state index contributed by atoms with van der Waals surface area (Å²) in [5.41, 5.74) is 4.57. The molecule has 0 radical (unpaired) electrons. The zero-order valence-electron chi connectivity index (χ0n) is 24.8. The highest BCUT2D eigenvalue weighted by atomic mass is 32.2. The summed E-state index contributed by atoms with van der Waals surface area (Å²) in [6.07, 6.45) is 12.3. The van der Waals surface area contributed by atoms with Crippen LogP contribution in [0, 0.1) is 12.8 Å². The van der Waals surface area contributed by atoms with E-state index in [0.29, 0.717) is 34.9 Å². The number of carbonyl (C=O) groups excluding carboxylic acids is 1. The van der Waals surface area contributed by atoms with E-state index in [9.17, 15) is 14.7 Å². The molecule has 1 saturated carbocycles. The fourth-order valence-electron chi connectivity index (χ4n) is 6.15. The second-order valence-electron chi connectivity index (χ2n) is 11.6. The first-order valence-electron chi connectivity index (χ1n) is 15.0. The van der Waals surface area contributed by atoms with Gasteiger partial charge in [-0.25, -0.2) is 4.79 Å². The number of carbonyl (C=O) groups is 2. The lowest BCUT2D eigenvalue weighted by molar-refractivity contribution is -0.139. The Kier molecular flexibility index (Phi) is 12.5. The smallest absolute Gasteiger partial charge is 0.326 e. The van der Waals surface area contributed by atoms with Crippen LogP contribution in [0.5, 0.6) is 0 Å². The summed E-state index contributed by atoms with van der Waals surface area (Å²) in [6, 6.07) is 13.6. The Morgan fingerprint density at radius 3 is 2.56 bits per heavy atom. The Morgan fingerprint density at radius 2 is 1.85 bits per heavy atom. The lowest BCUT2D eigenvalue weighted by Crippen LogP contribution is -2.41. The first-order chi connectivity index (χ1) is 19.9. The van der Waals surface area contributed by atoms with Crippen LogP contribution >= 0.6 is 23.5 Å². The van der Waals surface area contributed by atoms with Crippen molar-refractivity contribution >= 4 is 35.4 Å². The molecule has 1 aliphatic heterocycles. The minimum absolute atomic E-state index is 0.346. The molecule has 1 aliphatic carbocycles. The Morgan fingerprint density at radius 1 is 1.07 bits per heavy atom. The Bertz CT molecular complexity index is 1150. The number of hydrogen-bond donors (Lipinski definition) is 2. The molecule has 6 nitrogen and oxygen atoms in total. The molecule has 2 aromatic carbocycles. The van der Waals surface area contributed by atoms with Gasteiger partial charge >= 0.3 is 5.97 Å². The van der Waals surface area contributed by atoms with Crippen LogP contribution in [0.15, 0.2) is 42.5 Å². The van der Waals surface area contributed by atoms with E-state index in [1.54, 1.807) is 11.8 Å². The summed E-state index contributed by atoms with van der Waals surface area (Å²) in [5, 5.41) is 13.1. The molecule has 0 spiro atoms. The maximum Gasteiger partial charge on any atom is 0.326 e. The van der Waals surface area contributed by atoms with Crippen LogP contribution in [0.3, 0.4) is 0 Å². The number of aryl methyl sites for hydroxylation is 1. The number of aliphatic carboxylic acids is 1. The van der Waals surface area contributed by atoms with Crippen LogP contribution in [0.25, 0.3) is 11.1 Å². The number of likely N-dealkylation sites (tertiary alicyclic amines) is 1. The van der Waals surface area contributed by atoms with E-state index in [-0.39, 0.29) is 5.91 Å². The molecule has 0 bridgehead atoms. The number of nitrogens with zero attached hydrogens (tertiary/aromatic N) is 1. The lowest BCUT2D eigenvalue weighted by Gasteiger charge is -2.27. The van der Waals surface area contributed by atoms with Gasteiger partial charge < -0.3 is 15.2 Å². The quantitative estimate of drug-likeness (QED) is 0.257. The zero-order chi connectivity index (χ0) is 29.2. The normalized spacial score (nSPS) is 20.7. The van der Waals surface area contributed by atoms with Crippen LogP contribution in [-0.4, -0.2) is 77.2 Å². The summed E-state index contributed by atoms with van der Waals surface area (Å²) in [4.78, 5) is 27.8. The molecule has 1 amide bonds. The van der Waals surface area contributed by atoms with Crippen LogP contribution in [-0.2, 0) is 16.1 Å². The molecule has 3 atom stereocenters. The molecule has 224 valence electrons. The number of benzene rings is 2. The van der Waals surface area contributed by atoms with E-state index in [1.165, 1.54) is 32.1 Å². The Hall–Kier alpha value is -2.00. The van der Waals surface area contributed by atoms with Crippen molar-refractivity contribution in [2.75, 3.05) is 38.0 Å². The van der Waals surface area contributed by atoms with Gasteiger partial charge in [-0.3, -0.25) is 9.69 Å². The number of rotatable bonds is 14. The Balaban J connectivity index is 1.53. The van der Waals surface area contributed by atoms with Crippen molar-refractivity contribution in [1.29, 1.82) is 0 Å². The maximum atomic E-state index is 13.5. The minimum Gasteiger partial charge on any atom is -0.480 e. The van der Waals surface area contributed by atoms with Crippen LogP contribution in [0.4, 0.5) is 0 Å². The number of carboxylic acid groups (broad SMARTS) is 1. The fraction of sp³-hybridized carbons (Fsp3) is 0.576. The largest absolute Gasteiger partial charge is 0.480 e. The highest BCUT2D eigenvalue weighted by Gasteiger charge is 2.32. The van der Waals surface area contributed by atoms with E-state index in [4.69, 9.17) is 4.74 Å². The number of ether oxygens (including phenoxy) is 1. The molecule has 2 aliphatic rings. The van der Waals surface area contributed by atoms with E-state index >= 15 is 0 Å². The van der Waals surface area contributed by atoms with Gasteiger partial charge in [0.05, 0.1) is 6.61 Å². The number of thioether (sulfide) groups is 2. The lowest BCUT2D eigenvalue weighted by atomic mass is 9.90. The first-order valence-corrected chi connectivity index (χ1v) is 17.6. The summed E-state index contributed by atoms with van der Waals surface area (Å²) >= 11 is 3.51. The van der Waals surface area contributed by atoms with Gasteiger partial charge in [-0.1, -0.05) is 49.6 Å². The second-order valence-corrected chi connectivity index (χ2v) is 13.7. The molecule has 1 saturated heterocycles. The second kappa shape index (κ2) is 16.0. The van der Waals surface area contributed by atoms with Gasteiger partial charge in [-0.2, -0.15) is 23.5 Å². The molecule has 41 heavy (non-hydrogen) atoms. The molecule has 8 heteroatoms. The van der Waals surface area contributed by atoms with E-state index in [2.05, 4.69) is 22.5 Å². The number of carboxylic acids is 1. The van der Waals surface area contributed by atoms with E-state index in [0.717, 1.165) is 55.0 Å². The third-order valence-corrected chi connectivity index (χ3v) is 10.2. The molecular weight excluding hydrogens is 553 g/mol. The van der Waals surface area contributed by atoms with Crippen molar-refractivity contribution < 1.29 is 19.4 Å². The zero-order valence-corrected chi connectivity index (χ0v) is 26.4. The average Bonchev–Trinajstić information content (AvgIpc) is 3.37. The highest BCUT2D eigenvalue weighted by molar-refractivity contribution is 7.99. The van der Waals surface area contributed by atoms with Crippen molar-refractivity contribution in [3.63, 3.8) is 0 Å². The van der Waals surface area contributed by atoms with Crippen molar-refractivity contribution in [2.24, 2.45) is 5.92 Å². The molecule has 1 heterocycles. The minimum atomic E-state index is -1.00. The van der Waals surface area contributed by atoms with Crippen molar-refractivity contribution in [3.8, 4) is 11.1 Å². The van der Waals surface area contributed by atoms with Gasteiger partial charge in [0.2, 0.25) is 0 Å².